The molecule has 0 radical (unpaired) electrons. The molecule has 0 bridgehead atoms. The Balaban J connectivity index is 1.93. The minimum Gasteiger partial charge on any atom is -0.398 e. The van der Waals surface area contributed by atoms with E-state index < -0.39 is 0 Å². The summed E-state index contributed by atoms with van der Waals surface area (Å²) in [4.78, 5) is 11.9. The monoisotopic (exact) mass is 218 g/mol. The first-order valence-electron chi connectivity index (χ1n) is 5.82. The molecule has 1 aliphatic carbocycles. The second-order valence-corrected chi connectivity index (χ2v) is 4.51. The summed E-state index contributed by atoms with van der Waals surface area (Å²) in [6.45, 7) is 2.66. The van der Waals surface area contributed by atoms with Gasteiger partial charge in [-0.3, -0.25) is 4.79 Å². The molecule has 3 N–H and O–H groups in total. The first-order valence-corrected chi connectivity index (χ1v) is 5.82. The van der Waals surface area contributed by atoms with Gasteiger partial charge in [0, 0.05) is 17.8 Å². The smallest absolute Gasteiger partial charge is 0.251 e. The summed E-state index contributed by atoms with van der Waals surface area (Å²) in [6.07, 6.45) is 3.76. The van der Waals surface area contributed by atoms with Crippen molar-refractivity contribution in [1.82, 2.24) is 5.32 Å². The molecule has 1 saturated carbocycles. The Morgan fingerprint density at radius 3 is 2.94 bits per heavy atom. The summed E-state index contributed by atoms with van der Waals surface area (Å²) in [5.74, 6) is 0.840. The van der Waals surface area contributed by atoms with Crippen LogP contribution in [0.5, 0.6) is 0 Å². The number of benzene rings is 1. The van der Waals surface area contributed by atoms with Crippen LogP contribution in [-0.2, 0) is 0 Å². The van der Waals surface area contributed by atoms with Crippen LogP contribution in [0, 0.1) is 12.8 Å². The van der Waals surface area contributed by atoms with E-state index in [-0.39, 0.29) is 5.91 Å². The van der Waals surface area contributed by atoms with Gasteiger partial charge in [0.2, 0.25) is 0 Å². The van der Waals surface area contributed by atoms with Crippen molar-refractivity contribution in [3.63, 3.8) is 0 Å². The van der Waals surface area contributed by atoms with Gasteiger partial charge in [0.15, 0.2) is 0 Å². The maximum atomic E-state index is 11.9. The number of amides is 1. The molecule has 0 spiro atoms. The molecule has 1 aromatic rings. The molecule has 0 unspecified atom stereocenters. The third kappa shape index (κ3) is 2.54. The summed E-state index contributed by atoms with van der Waals surface area (Å²) >= 11 is 0. The van der Waals surface area contributed by atoms with Crippen molar-refractivity contribution < 1.29 is 4.79 Å². The van der Waals surface area contributed by atoms with Crippen molar-refractivity contribution in [3.05, 3.63) is 29.3 Å². The van der Waals surface area contributed by atoms with Crippen molar-refractivity contribution in [2.75, 3.05) is 12.3 Å². The number of nitrogens with two attached hydrogens (primary N) is 1. The largest absolute Gasteiger partial charge is 0.398 e. The molecule has 1 aliphatic rings. The topological polar surface area (TPSA) is 55.1 Å². The predicted octanol–water partition coefficient (Wildman–Crippen LogP) is 2.11. The number of nitrogen functional groups attached to an aromatic ring is 1. The van der Waals surface area contributed by atoms with E-state index in [0.29, 0.717) is 11.3 Å². The third-order valence-electron chi connectivity index (χ3n) is 3.16. The van der Waals surface area contributed by atoms with Gasteiger partial charge in [-0.1, -0.05) is 18.9 Å². The molecule has 1 fully saturated rings. The third-order valence-corrected chi connectivity index (χ3v) is 3.16. The molecule has 1 amide bonds. The van der Waals surface area contributed by atoms with E-state index >= 15 is 0 Å². The lowest BCUT2D eigenvalue weighted by Crippen LogP contribution is -2.25. The van der Waals surface area contributed by atoms with Gasteiger partial charge in [0.25, 0.3) is 5.91 Å². The Hall–Kier alpha value is -1.51. The highest BCUT2D eigenvalue weighted by Crippen LogP contribution is 2.31. The van der Waals surface area contributed by atoms with E-state index in [1.54, 1.807) is 0 Å². The fourth-order valence-electron chi connectivity index (χ4n) is 1.79. The number of rotatable bonds is 4. The first-order chi connectivity index (χ1) is 7.68. The van der Waals surface area contributed by atoms with Crippen LogP contribution in [0.15, 0.2) is 18.2 Å². The number of carbonyl (C=O) groups is 1. The van der Waals surface area contributed by atoms with E-state index in [1.165, 1.54) is 12.8 Å². The van der Waals surface area contributed by atoms with Crippen molar-refractivity contribution >= 4 is 11.6 Å². The molecule has 3 nitrogen and oxygen atoms in total. The fraction of sp³-hybridized carbons (Fsp3) is 0.462. The molecule has 0 heterocycles. The Morgan fingerprint density at radius 1 is 1.50 bits per heavy atom. The molecule has 16 heavy (non-hydrogen) atoms. The van der Waals surface area contributed by atoms with E-state index in [0.717, 1.165) is 24.4 Å². The Morgan fingerprint density at radius 2 is 2.25 bits per heavy atom. The minimum atomic E-state index is -0.00884. The van der Waals surface area contributed by atoms with E-state index in [2.05, 4.69) is 5.32 Å². The van der Waals surface area contributed by atoms with Crippen LogP contribution in [0.1, 0.15) is 35.2 Å². The lowest BCUT2D eigenvalue weighted by atomic mass is 10.1. The van der Waals surface area contributed by atoms with Crippen LogP contribution >= 0.6 is 0 Å². The first kappa shape index (κ1) is 11.0. The lowest BCUT2D eigenvalue weighted by molar-refractivity contribution is 0.0952. The number of anilines is 1. The number of nitrogens with one attached hydrogen (secondary N) is 1. The minimum absolute atomic E-state index is 0.00884. The molecule has 86 valence electrons. The van der Waals surface area contributed by atoms with Gasteiger partial charge < -0.3 is 11.1 Å². The van der Waals surface area contributed by atoms with E-state index in [4.69, 9.17) is 5.73 Å². The van der Waals surface area contributed by atoms with Gasteiger partial charge in [0.1, 0.15) is 0 Å². The summed E-state index contributed by atoms with van der Waals surface area (Å²) < 4.78 is 0. The number of hydrogen-bond acceptors (Lipinski definition) is 2. The van der Waals surface area contributed by atoms with Crippen LogP contribution in [0.2, 0.25) is 0 Å². The van der Waals surface area contributed by atoms with Crippen LogP contribution in [-0.4, -0.2) is 12.5 Å². The van der Waals surface area contributed by atoms with Gasteiger partial charge in [-0.05, 0) is 37.0 Å². The average molecular weight is 218 g/mol. The highest BCUT2D eigenvalue weighted by Gasteiger charge is 2.20. The predicted molar refractivity (Wildman–Crippen MR) is 65.3 cm³/mol. The lowest BCUT2D eigenvalue weighted by Gasteiger charge is -2.08. The zero-order valence-electron chi connectivity index (χ0n) is 9.62. The Kier molecular flexibility index (Phi) is 3.13. The number of carbonyl (C=O) groups excluding carboxylic acids is 1. The maximum absolute atomic E-state index is 11.9. The van der Waals surface area contributed by atoms with Crippen LogP contribution in [0.4, 0.5) is 5.69 Å². The molecule has 0 saturated heterocycles. The zero-order chi connectivity index (χ0) is 11.5. The highest BCUT2D eigenvalue weighted by atomic mass is 16.1. The van der Waals surface area contributed by atoms with Gasteiger partial charge in [-0.15, -0.1) is 0 Å². The number of hydrogen-bond donors (Lipinski definition) is 2. The normalized spacial score (nSPS) is 14.8. The SMILES string of the molecule is Cc1c(N)cccc1C(=O)NCCC1CC1. The Bertz CT molecular complexity index is 397. The van der Waals surface area contributed by atoms with Gasteiger partial charge >= 0.3 is 0 Å². The summed E-state index contributed by atoms with van der Waals surface area (Å²) in [6, 6.07) is 5.45. The summed E-state index contributed by atoms with van der Waals surface area (Å²) in [7, 11) is 0. The van der Waals surface area contributed by atoms with Crippen LogP contribution in [0.3, 0.4) is 0 Å². The maximum Gasteiger partial charge on any atom is 0.251 e. The van der Waals surface area contributed by atoms with Crippen LogP contribution < -0.4 is 11.1 Å². The van der Waals surface area contributed by atoms with Crippen LogP contribution in [0.25, 0.3) is 0 Å². The zero-order valence-corrected chi connectivity index (χ0v) is 9.62. The van der Waals surface area contributed by atoms with E-state index in [9.17, 15) is 4.79 Å². The molecular weight excluding hydrogens is 200 g/mol. The Labute approximate surface area is 96.0 Å². The van der Waals surface area contributed by atoms with Gasteiger partial charge in [-0.25, -0.2) is 0 Å². The molecule has 0 aliphatic heterocycles. The van der Waals surface area contributed by atoms with Gasteiger partial charge in [0.05, 0.1) is 0 Å². The molecule has 3 heteroatoms. The van der Waals surface area contributed by atoms with Gasteiger partial charge in [-0.2, -0.15) is 0 Å². The average Bonchev–Trinajstić information content (AvgIpc) is 3.06. The van der Waals surface area contributed by atoms with Crippen molar-refractivity contribution in [2.45, 2.75) is 26.2 Å². The molecule has 0 atom stereocenters. The fourth-order valence-corrected chi connectivity index (χ4v) is 1.79. The second-order valence-electron chi connectivity index (χ2n) is 4.51. The molecule has 2 rings (SSSR count). The van der Waals surface area contributed by atoms with E-state index in [1.807, 2.05) is 25.1 Å². The summed E-state index contributed by atoms with van der Waals surface area (Å²) in [5.41, 5.74) is 8.00. The quantitative estimate of drug-likeness (QED) is 0.760. The van der Waals surface area contributed by atoms with Crippen molar-refractivity contribution in [3.8, 4) is 0 Å². The second kappa shape index (κ2) is 4.56. The molecule has 1 aromatic carbocycles. The van der Waals surface area contributed by atoms with Crippen molar-refractivity contribution in [2.24, 2.45) is 5.92 Å². The highest BCUT2D eigenvalue weighted by molar-refractivity contribution is 5.96. The standard InChI is InChI=1S/C13H18N2O/c1-9-11(3-2-4-12(9)14)13(16)15-8-7-10-5-6-10/h2-4,10H,5-8,14H2,1H3,(H,15,16). The van der Waals surface area contributed by atoms with Crippen molar-refractivity contribution in [1.29, 1.82) is 0 Å². The molecule has 0 aromatic heterocycles. The molecular formula is C13H18N2O. The summed E-state index contributed by atoms with van der Waals surface area (Å²) in [5, 5.41) is 2.94.